The van der Waals surface area contributed by atoms with E-state index in [4.69, 9.17) is 14.2 Å². The topological polar surface area (TPSA) is 68.3 Å². The van der Waals surface area contributed by atoms with E-state index >= 15 is 0 Å². The molecule has 3 aliphatic heterocycles. The van der Waals surface area contributed by atoms with Crippen LogP contribution in [0.5, 0.6) is 11.5 Å². The van der Waals surface area contributed by atoms with Gasteiger partial charge < -0.3 is 24.0 Å². The predicted molar refractivity (Wildman–Crippen MR) is 112 cm³/mol. The van der Waals surface area contributed by atoms with Crippen molar-refractivity contribution in [2.75, 3.05) is 40.5 Å². The SMILES string of the molecule is COc1cccc(C(=O)N2CCCCC3CN(C(=O)CC4CCCO4)CC32)c1OC. The molecular weight excluding hydrogens is 384 g/mol. The number of fused-ring (bicyclic) bond motifs is 1. The number of carbonyl (C=O) groups is 2. The summed E-state index contributed by atoms with van der Waals surface area (Å²) < 4.78 is 16.5. The van der Waals surface area contributed by atoms with Crippen LogP contribution in [-0.2, 0) is 9.53 Å². The number of likely N-dealkylation sites (tertiary alicyclic amines) is 2. The first-order chi connectivity index (χ1) is 14.6. The molecule has 2 amide bonds. The summed E-state index contributed by atoms with van der Waals surface area (Å²) in [6, 6.07) is 5.45. The fourth-order valence-electron chi connectivity index (χ4n) is 5.14. The molecule has 0 N–H and O–H groups in total. The van der Waals surface area contributed by atoms with Gasteiger partial charge in [-0.2, -0.15) is 0 Å². The van der Waals surface area contributed by atoms with Crippen molar-refractivity contribution >= 4 is 11.8 Å². The molecule has 0 spiro atoms. The molecule has 3 saturated heterocycles. The van der Waals surface area contributed by atoms with Crippen molar-refractivity contribution < 1.29 is 23.8 Å². The average Bonchev–Trinajstić information content (AvgIpc) is 3.39. The molecule has 30 heavy (non-hydrogen) atoms. The molecule has 1 aromatic carbocycles. The van der Waals surface area contributed by atoms with Gasteiger partial charge in [-0.1, -0.05) is 12.5 Å². The van der Waals surface area contributed by atoms with E-state index in [1.807, 2.05) is 15.9 Å². The Kier molecular flexibility index (Phi) is 6.46. The van der Waals surface area contributed by atoms with Gasteiger partial charge >= 0.3 is 0 Å². The molecule has 3 fully saturated rings. The van der Waals surface area contributed by atoms with E-state index in [2.05, 4.69) is 0 Å². The standard InChI is InChI=1S/C23H32N2O5/c1-28-20-10-5-9-18(22(20)29-2)23(27)25-11-4-3-7-16-14-24(15-19(16)25)21(26)13-17-8-6-12-30-17/h5,9-10,16-17,19H,3-4,6-8,11-15H2,1-2H3. The third kappa shape index (κ3) is 4.13. The molecular formula is C23H32N2O5. The number of hydrogen-bond donors (Lipinski definition) is 0. The van der Waals surface area contributed by atoms with Crippen LogP contribution < -0.4 is 9.47 Å². The molecule has 4 rings (SSSR count). The predicted octanol–water partition coefficient (Wildman–Crippen LogP) is 2.73. The largest absolute Gasteiger partial charge is 0.493 e. The highest BCUT2D eigenvalue weighted by Crippen LogP contribution is 2.35. The maximum Gasteiger partial charge on any atom is 0.258 e. The molecule has 3 atom stereocenters. The molecule has 164 valence electrons. The minimum atomic E-state index is -0.0453. The number of ether oxygens (including phenoxy) is 3. The van der Waals surface area contributed by atoms with Crippen LogP contribution >= 0.6 is 0 Å². The van der Waals surface area contributed by atoms with E-state index in [9.17, 15) is 9.59 Å². The number of rotatable bonds is 5. The number of nitrogens with zero attached hydrogens (tertiary/aromatic N) is 2. The molecule has 3 unspecified atom stereocenters. The molecule has 0 radical (unpaired) electrons. The van der Waals surface area contributed by atoms with Crippen LogP contribution in [0.4, 0.5) is 0 Å². The summed E-state index contributed by atoms with van der Waals surface area (Å²) in [7, 11) is 3.13. The van der Waals surface area contributed by atoms with E-state index in [1.54, 1.807) is 26.4 Å². The van der Waals surface area contributed by atoms with Gasteiger partial charge in [0.2, 0.25) is 5.91 Å². The van der Waals surface area contributed by atoms with Crippen LogP contribution in [-0.4, -0.2) is 74.2 Å². The lowest BCUT2D eigenvalue weighted by Gasteiger charge is -2.31. The molecule has 0 aromatic heterocycles. The molecule has 7 heteroatoms. The first kappa shape index (κ1) is 21.0. The van der Waals surface area contributed by atoms with Gasteiger partial charge in [-0.15, -0.1) is 0 Å². The van der Waals surface area contributed by atoms with E-state index in [0.29, 0.717) is 42.5 Å². The maximum atomic E-state index is 13.6. The van der Waals surface area contributed by atoms with E-state index in [-0.39, 0.29) is 24.0 Å². The molecule has 0 bridgehead atoms. The molecule has 0 saturated carbocycles. The Morgan fingerprint density at radius 1 is 1.10 bits per heavy atom. The Balaban J connectivity index is 1.52. The smallest absolute Gasteiger partial charge is 0.258 e. The lowest BCUT2D eigenvalue weighted by Crippen LogP contribution is -2.45. The number of para-hydroxylation sites is 1. The lowest BCUT2D eigenvalue weighted by molar-refractivity contribution is -0.132. The average molecular weight is 417 g/mol. The lowest BCUT2D eigenvalue weighted by atomic mass is 9.98. The maximum absolute atomic E-state index is 13.6. The van der Waals surface area contributed by atoms with Crippen molar-refractivity contribution in [1.82, 2.24) is 9.80 Å². The zero-order chi connectivity index (χ0) is 21.1. The Labute approximate surface area is 178 Å². The van der Waals surface area contributed by atoms with Gasteiger partial charge in [-0.05, 0) is 43.7 Å². The van der Waals surface area contributed by atoms with Crippen molar-refractivity contribution in [2.24, 2.45) is 5.92 Å². The number of carbonyl (C=O) groups excluding carboxylic acids is 2. The summed E-state index contributed by atoms with van der Waals surface area (Å²) in [5.74, 6) is 1.45. The summed E-state index contributed by atoms with van der Waals surface area (Å²) in [6.07, 6.45) is 5.62. The van der Waals surface area contributed by atoms with Gasteiger partial charge in [0.15, 0.2) is 11.5 Å². The molecule has 1 aromatic rings. The van der Waals surface area contributed by atoms with Crippen LogP contribution in [0.2, 0.25) is 0 Å². The first-order valence-electron chi connectivity index (χ1n) is 11.0. The van der Waals surface area contributed by atoms with Crippen LogP contribution in [0.25, 0.3) is 0 Å². The van der Waals surface area contributed by atoms with Crippen LogP contribution in [0.15, 0.2) is 18.2 Å². The first-order valence-corrected chi connectivity index (χ1v) is 11.0. The minimum Gasteiger partial charge on any atom is -0.493 e. The van der Waals surface area contributed by atoms with E-state index < -0.39 is 0 Å². The quantitative estimate of drug-likeness (QED) is 0.738. The number of hydrogen-bond acceptors (Lipinski definition) is 5. The van der Waals surface area contributed by atoms with Gasteiger partial charge in [-0.25, -0.2) is 0 Å². The van der Waals surface area contributed by atoms with Crippen molar-refractivity contribution in [2.45, 2.75) is 50.7 Å². The second-order valence-corrected chi connectivity index (χ2v) is 8.50. The molecule has 3 heterocycles. The molecule has 7 nitrogen and oxygen atoms in total. The van der Waals surface area contributed by atoms with E-state index in [1.165, 1.54) is 0 Å². The van der Waals surface area contributed by atoms with Crippen molar-refractivity contribution in [3.63, 3.8) is 0 Å². The van der Waals surface area contributed by atoms with Crippen molar-refractivity contribution in [3.8, 4) is 11.5 Å². The Hall–Kier alpha value is -2.28. The Morgan fingerprint density at radius 2 is 1.97 bits per heavy atom. The number of amides is 2. The van der Waals surface area contributed by atoms with Crippen molar-refractivity contribution in [1.29, 1.82) is 0 Å². The third-order valence-electron chi connectivity index (χ3n) is 6.70. The zero-order valence-corrected chi connectivity index (χ0v) is 18.0. The summed E-state index contributed by atoms with van der Waals surface area (Å²) >= 11 is 0. The Bertz CT molecular complexity index is 777. The van der Waals surface area contributed by atoms with Crippen LogP contribution in [0.1, 0.15) is 48.9 Å². The summed E-state index contributed by atoms with van der Waals surface area (Å²) in [5.41, 5.74) is 0.515. The van der Waals surface area contributed by atoms with Gasteiger partial charge in [0.25, 0.3) is 5.91 Å². The Morgan fingerprint density at radius 3 is 2.70 bits per heavy atom. The number of benzene rings is 1. The fourth-order valence-corrected chi connectivity index (χ4v) is 5.14. The highest BCUT2D eigenvalue weighted by molar-refractivity contribution is 5.98. The van der Waals surface area contributed by atoms with Crippen LogP contribution in [0.3, 0.4) is 0 Å². The monoisotopic (exact) mass is 416 g/mol. The second kappa shape index (κ2) is 9.25. The third-order valence-corrected chi connectivity index (χ3v) is 6.70. The minimum absolute atomic E-state index is 0.0453. The highest BCUT2D eigenvalue weighted by atomic mass is 16.5. The number of methoxy groups -OCH3 is 2. The molecule has 0 aliphatic carbocycles. The van der Waals surface area contributed by atoms with E-state index in [0.717, 1.165) is 45.3 Å². The van der Waals surface area contributed by atoms with Gasteiger partial charge in [0.1, 0.15) is 0 Å². The zero-order valence-electron chi connectivity index (χ0n) is 18.0. The van der Waals surface area contributed by atoms with Crippen LogP contribution in [0, 0.1) is 5.92 Å². The van der Waals surface area contributed by atoms with Gasteiger partial charge in [0, 0.05) is 26.2 Å². The summed E-state index contributed by atoms with van der Waals surface area (Å²) in [5, 5.41) is 0. The van der Waals surface area contributed by atoms with Gasteiger partial charge in [0.05, 0.1) is 38.3 Å². The van der Waals surface area contributed by atoms with Gasteiger partial charge in [-0.3, -0.25) is 9.59 Å². The summed E-state index contributed by atoms with van der Waals surface area (Å²) in [6.45, 7) is 2.80. The van der Waals surface area contributed by atoms with Crippen molar-refractivity contribution in [3.05, 3.63) is 23.8 Å². The molecule has 3 aliphatic rings. The fraction of sp³-hybridized carbons (Fsp3) is 0.652. The second-order valence-electron chi connectivity index (χ2n) is 8.50. The highest BCUT2D eigenvalue weighted by Gasteiger charge is 2.42. The summed E-state index contributed by atoms with van der Waals surface area (Å²) in [4.78, 5) is 30.3. The normalized spacial score (nSPS) is 26.3.